The third-order valence-electron chi connectivity index (χ3n) is 6.11. The van der Waals surface area contributed by atoms with Crippen LogP contribution in [0.4, 0.5) is 0 Å². The molecule has 2 aromatic heterocycles. The van der Waals surface area contributed by atoms with E-state index in [-0.39, 0.29) is 50.6 Å². The van der Waals surface area contributed by atoms with Gasteiger partial charge in [-0.25, -0.2) is 9.59 Å². The van der Waals surface area contributed by atoms with Gasteiger partial charge in [-0.05, 0) is 24.3 Å². The Hall–Kier alpha value is -3.76. The highest BCUT2D eigenvalue weighted by Crippen LogP contribution is 2.35. The molecule has 194 valence electrons. The highest BCUT2D eigenvalue weighted by atomic mass is 16.6. The van der Waals surface area contributed by atoms with Gasteiger partial charge in [0.2, 0.25) is 0 Å². The summed E-state index contributed by atoms with van der Waals surface area (Å²) in [5.74, 6) is 0.381. The van der Waals surface area contributed by atoms with Crippen LogP contribution in [0.1, 0.15) is 5.56 Å². The Balaban J connectivity index is 1.94. The normalized spacial score (nSPS) is 11.8. The highest BCUT2D eigenvalue weighted by molar-refractivity contribution is 5.97. The largest absolute Gasteiger partial charge is 0.632 e. The predicted octanol–water partition coefficient (Wildman–Crippen LogP) is 4.24. The van der Waals surface area contributed by atoms with Crippen LogP contribution in [0.2, 0.25) is 0 Å². The van der Waals surface area contributed by atoms with Crippen molar-refractivity contribution in [2.45, 2.75) is 6.54 Å². The summed E-state index contributed by atoms with van der Waals surface area (Å²) in [6.07, 6.45) is 1.58. The number of rotatable bonds is 12. The maximum Gasteiger partial charge on any atom is 0.344 e. The van der Waals surface area contributed by atoms with Crippen molar-refractivity contribution in [2.24, 2.45) is 0 Å². The molecule has 0 unspecified atom stereocenters. The first-order valence-electron chi connectivity index (χ1n) is 11.8. The van der Waals surface area contributed by atoms with Gasteiger partial charge in [0, 0.05) is 36.6 Å². The van der Waals surface area contributed by atoms with E-state index in [4.69, 9.17) is 23.0 Å². The van der Waals surface area contributed by atoms with E-state index >= 15 is 0 Å². The van der Waals surface area contributed by atoms with Gasteiger partial charge in [0.05, 0.1) is 24.3 Å². The predicted molar refractivity (Wildman–Crippen MR) is 140 cm³/mol. The van der Waals surface area contributed by atoms with Gasteiger partial charge < -0.3 is 32.9 Å². The molecule has 0 fully saturated rings. The van der Waals surface area contributed by atoms with Crippen LogP contribution in [0.5, 0.6) is 5.75 Å². The lowest BCUT2D eigenvalue weighted by Gasteiger charge is -2.42. The maximum atomic E-state index is 13.8. The molecule has 4 aromatic rings. The number of nitrogens with zero attached hydrogens (tertiary/aromatic N) is 1. The van der Waals surface area contributed by atoms with E-state index in [1.165, 1.54) is 20.3 Å². The molecule has 0 saturated carbocycles. The summed E-state index contributed by atoms with van der Waals surface area (Å²) in [7, 11) is 3.05. The average Bonchev–Trinajstić information content (AvgIpc) is 2.89. The second-order valence-electron chi connectivity index (χ2n) is 8.63. The fourth-order valence-electron chi connectivity index (χ4n) is 4.24. The van der Waals surface area contributed by atoms with Crippen molar-refractivity contribution in [3.8, 4) is 16.9 Å². The molecule has 0 N–H and O–H groups in total. The van der Waals surface area contributed by atoms with Crippen molar-refractivity contribution >= 4 is 21.9 Å². The first-order chi connectivity index (χ1) is 17.9. The first-order valence-corrected chi connectivity index (χ1v) is 11.8. The van der Waals surface area contributed by atoms with Crippen molar-refractivity contribution in [1.29, 1.82) is 0 Å². The van der Waals surface area contributed by atoms with Crippen LogP contribution in [0.25, 0.3) is 33.1 Å². The lowest BCUT2D eigenvalue weighted by Crippen LogP contribution is -2.46. The monoisotopic (exact) mass is 507 g/mol. The fraction of sp³-hybridized carbons (Fsp3) is 0.286. The van der Waals surface area contributed by atoms with Crippen molar-refractivity contribution in [3.05, 3.63) is 92.8 Å². The quantitative estimate of drug-likeness (QED) is 0.121. The lowest BCUT2D eigenvalue weighted by molar-refractivity contribution is -0.894. The van der Waals surface area contributed by atoms with E-state index in [0.29, 0.717) is 33.2 Å². The van der Waals surface area contributed by atoms with Crippen LogP contribution in [0, 0.1) is 5.21 Å². The standard InChI is InChI=1S/C28H29NO8/c1-4-13-35-25-10-9-20-21(22-16-19-7-5-6-8-24(19)36-28(22)31)17-26(30)37-27(20)23(25)18-29(32,11-14-33-2)12-15-34-3/h4-10,16-17H,1,11-15,18H2,2-3H3. The molecule has 0 saturated heterocycles. The molecule has 0 radical (unpaired) electrons. The number of hydrogen-bond donors (Lipinski definition) is 0. The van der Waals surface area contributed by atoms with E-state index in [1.807, 2.05) is 12.1 Å². The van der Waals surface area contributed by atoms with Crippen molar-refractivity contribution < 1.29 is 27.7 Å². The molecular weight excluding hydrogens is 478 g/mol. The molecule has 0 aliphatic heterocycles. The number of quaternary nitrogens is 1. The smallest absolute Gasteiger partial charge is 0.344 e. The molecular formula is C28H29NO8. The van der Waals surface area contributed by atoms with Gasteiger partial charge in [-0.2, -0.15) is 0 Å². The number of benzene rings is 2. The first kappa shape index (κ1) is 26.3. The molecule has 2 aromatic carbocycles. The minimum Gasteiger partial charge on any atom is -0.632 e. The Morgan fingerprint density at radius 3 is 2.41 bits per heavy atom. The third kappa shape index (κ3) is 5.81. The number of hydroxylamine groups is 3. The van der Waals surface area contributed by atoms with Crippen LogP contribution in [-0.2, 0) is 16.0 Å². The molecule has 0 atom stereocenters. The summed E-state index contributed by atoms with van der Waals surface area (Å²) in [5, 5.41) is 15.0. The van der Waals surface area contributed by atoms with Gasteiger partial charge in [0.15, 0.2) is 5.58 Å². The highest BCUT2D eigenvalue weighted by Gasteiger charge is 2.25. The summed E-state index contributed by atoms with van der Waals surface area (Å²) in [4.78, 5) is 25.7. The van der Waals surface area contributed by atoms with Crippen LogP contribution in [0.3, 0.4) is 0 Å². The summed E-state index contributed by atoms with van der Waals surface area (Å²) >= 11 is 0. The van der Waals surface area contributed by atoms with Gasteiger partial charge in [-0.1, -0.05) is 30.9 Å². The van der Waals surface area contributed by atoms with Crippen molar-refractivity contribution in [3.63, 3.8) is 0 Å². The Morgan fingerprint density at radius 1 is 0.973 bits per heavy atom. The van der Waals surface area contributed by atoms with Gasteiger partial charge in [0.1, 0.15) is 37.6 Å². The Kier molecular flexibility index (Phi) is 8.20. The lowest BCUT2D eigenvalue weighted by atomic mass is 9.99. The number of hydrogen-bond acceptors (Lipinski definition) is 8. The third-order valence-corrected chi connectivity index (χ3v) is 6.11. The summed E-state index contributed by atoms with van der Waals surface area (Å²) in [6.45, 7) is 4.55. The van der Waals surface area contributed by atoms with E-state index < -0.39 is 15.9 Å². The molecule has 4 rings (SSSR count). The Morgan fingerprint density at radius 2 is 1.70 bits per heavy atom. The molecule has 0 aliphatic carbocycles. The van der Waals surface area contributed by atoms with Gasteiger partial charge in [-0.3, -0.25) is 0 Å². The number of para-hydroxylation sites is 1. The molecule has 9 nitrogen and oxygen atoms in total. The van der Waals surface area contributed by atoms with E-state index in [2.05, 4.69) is 6.58 Å². The molecule has 2 heterocycles. The Bertz CT molecular complexity index is 1510. The van der Waals surface area contributed by atoms with Gasteiger partial charge in [-0.15, -0.1) is 0 Å². The van der Waals surface area contributed by atoms with Crippen molar-refractivity contribution in [1.82, 2.24) is 0 Å². The van der Waals surface area contributed by atoms with E-state index in [0.717, 1.165) is 0 Å². The minimum absolute atomic E-state index is 0.0741. The van der Waals surface area contributed by atoms with Crippen LogP contribution in [0.15, 0.2) is 79.6 Å². The number of ether oxygens (including phenoxy) is 3. The zero-order chi connectivity index (χ0) is 26.4. The van der Waals surface area contributed by atoms with Crippen molar-refractivity contribution in [2.75, 3.05) is 47.1 Å². The topological polar surface area (TPSA) is 111 Å². The van der Waals surface area contributed by atoms with Gasteiger partial charge in [0.25, 0.3) is 0 Å². The second-order valence-corrected chi connectivity index (χ2v) is 8.63. The molecule has 0 amide bonds. The molecule has 37 heavy (non-hydrogen) atoms. The second kappa shape index (κ2) is 11.5. The SMILES string of the molecule is C=CCOc1ccc2c(-c3cc4ccccc4oc3=O)cc(=O)oc2c1C[N+]([O-])(CCOC)CCOC. The maximum absolute atomic E-state index is 13.8. The molecule has 0 spiro atoms. The average molecular weight is 508 g/mol. The van der Waals surface area contributed by atoms with E-state index in [1.54, 1.807) is 36.4 Å². The van der Waals surface area contributed by atoms with Gasteiger partial charge >= 0.3 is 11.3 Å². The summed E-state index contributed by atoms with van der Waals surface area (Å²) in [5.41, 5.74) is 0.316. The minimum atomic E-state index is -0.697. The Labute approximate surface area is 213 Å². The van der Waals surface area contributed by atoms with E-state index in [9.17, 15) is 14.8 Å². The van der Waals surface area contributed by atoms with Crippen LogP contribution in [-0.4, -0.2) is 51.8 Å². The number of fused-ring (bicyclic) bond motifs is 2. The zero-order valence-electron chi connectivity index (χ0n) is 20.9. The molecule has 0 aliphatic rings. The molecule has 0 bridgehead atoms. The number of methoxy groups -OCH3 is 2. The summed E-state index contributed by atoms with van der Waals surface area (Å²) in [6, 6.07) is 13.5. The van der Waals surface area contributed by atoms with Crippen LogP contribution >= 0.6 is 0 Å². The van der Waals surface area contributed by atoms with Crippen LogP contribution < -0.4 is 16.0 Å². The fourth-order valence-corrected chi connectivity index (χ4v) is 4.24. The molecule has 9 heteroatoms. The summed E-state index contributed by atoms with van der Waals surface area (Å²) < 4.78 is 26.6. The zero-order valence-corrected chi connectivity index (χ0v) is 20.9.